The SMILES string of the molecule is COC(Cn1nnnc1SCCOCC(F)(F)F)OC. The third-order valence-electron chi connectivity index (χ3n) is 2.07. The molecule has 0 aliphatic rings. The first-order valence-corrected chi connectivity index (χ1v) is 6.54. The molecule has 11 heteroatoms. The summed E-state index contributed by atoms with van der Waals surface area (Å²) >= 11 is 1.19. The number of tetrazole rings is 1. The second kappa shape index (κ2) is 8.39. The highest BCUT2D eigenvalue weighted by atomic mass is 32.2. The molecule has 0 atom stereocenters. The number of ether oxygens (including phenoxy) is 3. The van der Waals surface area contributed by atoms with Gasteiger partial charge in [0.15, 0.2) is 6.29 Å². The van der Waals surface area contributed by atoms with Gasteiger partial charge in [-0.1, -0.05) is 11.8 Å². The highest BCUT2D eigenvalue weighted by Crippen LogP contribution is 2.16. The van der Waals surface area contributed by atoms with E-state index < -0.39 is 19.1 Å². The van der Waals surface area contributed by atoms with Crippen LogP contribution in [0.5, 0.6) is 0 Å². The Bertz CT molecular complexity index is 387. The third kappa shape index (κ3) is 6.50. The van der Waals surface area contributed by atoms with Crippen LogP contribution in [0.25, 0.3) is 0 Å². The lowest BCUT2D eigenvalue weighted by atomic mass is 10.6. The number of alkyl halides is 3. The number of halogens is 3. The van der Waals surface area contributed by atoms with Crippen LogP contribution in [0, 0.1) is 0 Å². The maximum Gasteiger partial charge on any atom is 0.411 e. The molecule has 0 saturated carbocycles. The van der Waals surface area contributed by atoms with E-state index in [9.17, 15) is 13.2 Å². The van der Waals surface area contributed by atoms with Gasteiger partial charge in [-0.15, -0.1) is 5.10 Å². The number of rotatable bonds is 9. The molecule has 20 heavy (non-hydrogen) atoms. The molecule has 1 rings (SSSR count). The topological polar surface area (TPSA) is 71.3 Å². The first kappa shape index (κ1) is 17.1. The van der Waals surface area contributed by atoms with E-state index in [-0.39, 0.29) is 13.2 Å². The van der Waals surface area contributed by atoms with Crippen molar-refractivity contribution >= 4 is 11.8 Å². The molecule has 0 aliphatic carbocycles. The standard InChI is InChI=1S/C9H15F3N4O3S/c1-17-7(18-2)5-16-8(13-14-15-16)20-4-3-19-6-9(10,11)12/h7H,3-6H2,1-2H3. The first-order chi connectivity index (χ1) is 9.46. The predicted octanol–water partition coefficient (Wildman–Crippen LogP) is 0.963. The summed E-state index contributed by atoms with van der Waals surface area (Å²) in [6.07, 6.45) is -4.81. The van der Waals surface area contributed by atoms with Gasteiger partial charge >= 0.3 is 6.18 Å². The van der Waals surface area contributed by atoms with Crippen molar-refractivity contribution in [3.63, 3.8) is 0 Å². The molecule has 0 radical (unpaired) electrons. The molecular formula is C9H15F3N4O3S. The van der Waals surface area contributed by atoms with Crippen LogP contribution in [0.1, 0.15) is 0 Å². The van der Waals surface area contributed by atoms with Gasteiger partial charge in [0.05, 0.1) is 13.2 Å². The average molecular weight is 316 g/mol. The zero-order chi connectivity index (χ0) is 15.0. The van der Waals surface area contributed by atoms with Crippen LogP contribution >= 0.6 is 11.8 Å². The Morgan fingerprint density at radius 1 is 1.30 bits per heavy atom. The number of hydrogen-bond donors (Lipinski definition) is 0. The average Bonchev–Trinajstić information content (AvgIpc) is 2.81. The van der Waals surface area contributed by atoms with Gasteiger partial charge in [0.2, 0.25) is 5.16 Å². The van der Waals surface area contributed by atoms with E-state index in [4.69, 9.17) is 9.47 Å². The molecule has 1 aromatic heterocycles. The van der Waals surface area contributed by atoms with Crippen molar-refractivity contribution in [2.24, 2.45) is 0 Å². The van der Waals surface area contributed by atoms with E-state index in [1.165, 1.54) is 30.7 Å². The van der Waals surface area contributed by atoms with Gasteiger partial charge in [0.1, 0.15) is 6.61 Å². The Hall–Kier alpha value is -0.910. The molecule has 0 spiro atoms. The molecule has 0 fully saturated rings. The van der Waals surface area contributed by atoms with Crippen LogP contribution in [-0.2, 0) is 20.8 Å². The minimum Gasteiger partial charge on any atom is -0.371 e. The molecule has 0 unspecified atom stereocenters. The van der Waals surface area contributed by atoms with Crippen molar-refractivity contribution < 1.29 is 27.4 Å². The Morgan fingerprint density at radius 3 is 2.60 bits per heavy atom. The fourth-order valence-corrected chi connectivity index (χ4v) is 1.92. The van der Waals surface area contributed by atoms with E-state index in [1.807, 2.05) is 0 Å². The van der Waals surface area contributed by atoms with Crippen LogP contribution in [0.3, 0.4) is 0 Å². The Labute approximate surface area is 117 Å². The van der Waals surface area contributed by atoms with Crippen molar-refractivity contribution in [3.05, 3.63) is 0 Å². The summed E-state index contributed by atoms with van der Waals surface area (Å²) in [6.45, 7) is -1.02. The summed E-state index contributed by atoms with van der Waals surface area (Å²) in [5.41, 5.74) is 0. The molecule has 1 heterocycles. The summed E-state index contributed by atoms with van der Waals surface area (Å²) < 4.78 is 51.5. The summed E-state index contributed by atoms with van der Waals surface area (Å²) in [7, 11) is 2.96. The first-order valence-electron chi connectivity index (χ1n) is 5.55. The molecule has 0 aliphatic heterocycles. The second-order valence-electron chi connectivity index (χ2n) is 3.56. The molecule has 0 aromatic carbocycles. The van der Waals surface area contributed by atoms with Gasteiger partial charge in [0, 0.05) is 20.0 Å². The van der Waals surface area contributed by atoms with Crippen LogP contribution < -0.4 is 0 Å². The van der Waals surface area contributed by atoms with Crippen molar-refractivity contribution in [1.82, 2.24) is 20.2 Å². The Morgan fingerprint density at radius 2 is 2.00 bits per heavy atom. The smallest absolute Gasteiger partial charge is 0.371 e. The van der Waals surface area contributed by atoms with Crippen molar-refractivity contribution in [3.8, 4) is 0 Å². The fraction of sp³-hybridized carbons (Fsp3) is 0.889. The van der Waals surface area contributed by atoms with Gasteiger partial charge < -0.3 is 14.2 Å². The van der Waals surface area contributed by atoms with Gasteiger partial charge in [-0.2, -0.15) is 13.2 Å². The Balaban J connectivity index is 2.32. The Kier molecular flexibility index (Phi) is 7.19. The van der Waals surface area contributed by atoms with Gasteiger partial charge in [0.25, 0.3) is 0 Å². The lowest BCUT2D eigenvalue weighted by Gasteiger charge is -2.13. The fourth-order valence-electron chi connectivity index (χ4n) is 1.18. The third-order valence-corrected chi connectivity index (χ3v) is 2.99. The van der Waals surface area contributed by atoms with Crippen LogP contribution in [-0.4, -0.2) is 65.9 Å². The van der Waals surface area contributed by atoms with Gasteiger partial charge in [-0.3, -0.25) is 0 Å². The van der Waals surface area contributed by atoms with Gasteiger partial charge in [-0.05, 0) is 10.4 Å². The summed E-state index contributed by atoms with van der Waals surface area (Å²) in [5, 5.41) is 11.5. The molecular weight excluding hydrogens is 301 g/mol. The molecule has 0 bridgehead atoms. The highest BCUT2D eigenvalue weighted by molar-refractivity contribution is 7.99. The molecule has 0 saturated heterocycles. The van der Waals surface area contributed by atoms with Crippen molar-refractivity contribution in [1.29, 1.82) is 0 Å². The van der Waals surface area contributed by atoms with E-state index in [1.54, 1.807) is 0 Å². The maximum atomic E-state index is 11.8. The summed E-state index contributed by atoms with van der Waals surface area (Å²) in [5.74, 6) is 0.307. The highest BCUT2D eigenvalue weighted by Gasteiger charge is 2.27. The summed E-state index contributed by atoms with van der Waals surface area (Å²) in [4.78, 5) is 0. The van der Waals surface area contributed by atoms with E-state index in [2.05, 4.69) is 20.3 Å². The lowest BCUT2D eigenvalue weighted by molar-refractivity contribution is -0.172. The van der Waals surface area contributed by atoms with Crippen LogP contribution in [0.15, 0.2) is 5.16 Å². The number of aromatic nitrogens is 4. The molecule has 0 N–H and O–H groups in total. The van der Waals surface area contributed by atoms with Crippen LogP contribution in [0.4, 0.5) is 13.2 Å². The normalized spacial score (nSPS) is 12.3. The number of methoxy groups -OCH3 is 2. The predicted molar refractivity (Wildman–Crippen MR) is 63.2 cm³/mol. The van der Waals surface area contributed by atoms with Crippen molar-refractivity contribution in [2.75, 3.05) is 33.2 Å². The van der Waals surface area contributed by atoms with E-state index in [0.29, 0.717) is 10.9 Å². The zero-order valence-electron chi connectivity index (χ0n) is 11.0. The minimum atomic E-state index is -4.31. The largest absolute Gasteiger partial charge is 0.411 e. The molecule has 1 aromatic rings. The second-order valence-corrected chi connectivity index (χ2v) is 4.62. The van der Waals surface area contributed by atoms with Gasteiger partial charge in [-0.25, -0.2) is 4.68 Å². The van der Waals surface area contributed by atoms with Crippen molar-refractivity contribution in [2.45, 2.75) is 24.2 Å². The number of thioether (sulfide) groups is 1. The van der Waals surface area contributed by atoms with E-state index >= 15 is 0 Å². The van der Waals surface area contributed by atoms with Crippen LogP contribution in [0.2, 0.25) is 0 Å². The quantitative estimate of drug-likeness (QED) is 0.382. The minimum absolute atomic E-state index is 0.0466. The number of nitrogens with zero attached hydrogens (tertiary/aromatic N) is 4. The molecule has 0 amide bonds. The molecule has 7 nitrogen and oxygen atoms in total. The summed E-state index contributed by atoms with van der Waals surface area (Å²) in [6, 6.07) is 0. The zero-order valence-corrected chi connectivity index (χ0v) is 11.8. The lowest BCUT2D eigenvalue weighted by Crippen LogP contribution is -2.22. The number of hydrogen-bond acceptors (Lipinski definition) is 7. The van der Waals surface area contributed by atoms with E-state index in [0.717, 1.165) is 0 Å². The molecule has 116 valence electrons. The maximum absolute atomic E-state index is 11.8. The monoisotopic (exact) mass is 316 g/mol.